The van der Waals surface area contributed by atoms with Gasteiger partial charge in [0.1, 0.15) is 17.2 Å². The molecule has 0 bridgehead atoms. The van der Waals surface area contributed by atoms with E-state index in [1.165, 1.54) is 0 Å². The van der Waals surface area contributed by atoms with Gasteiger partial charge < -0.3 is 25.3 Å². The number of hydrogen-bond acceptors (Lipinski definition) is 10. The van der Waals surface area contributed by atoms with Gasteiger partial charge in [0.25, 0.3) is 11.4 Å². The van der Waals surface area contributed by atoms with Gasteiger partial charge in [0.05, 0.1) is 29.3 Å². The summed E-state index contributed by atoms with van der Waals surface area (Å²) >= 11 is 0. The largest absolute Gasteiger partial charge is 0.417 e. The molecule has 12 heteroatoms. The van der Waals surface area contributed by atoms with Crippen LogP contribution in [0.4, 0.5) is 17.3 Å². The Labute approximate surface area is 243 Å². The molecule has 1 atom stereocenters. The summed E-state index contributed by atoms with van der Waals surface area (Å²) in [6.07, 6.45) is 2.40. The monoisotopic (exact) mass is 572 g/mol. The van der Waals surface area contributed by atoms with Crippen LogP contribution in [-0.2, 0) is 12.1 Å². The Morgan fingerprint density at radius 2 is 1.83 bits per heavy atom. The summed E-state index contributed by atoms with van der Waals surface area (Å²) in [4.78, 5) is 22.4. The van der Waals surface area contributed by atoms with Crippen LogP contribution in [0.2, 0.25) is 0 Å². The topological polar surface area (TPSA) is 156 Å². The van der Waals surface area contributed by atoms with Gasteiger partial charge in [-0.25, -0.2) is 14.6 Å². The van der Waals surface area contributed by atoms with E-state index in [1.54, 1.807) is 42.9 Å². The van der Waals surface area contributed by atoms with Gasteiger partial charge in [-0.05, 0) is 51.8 Å². The second-order valence-corrected chi connectivity index (χ2v) is 10.9. The first-order valence-corrected chi connectivity index (χ1v) is 14.0. The number of anilines is 3. The Morgan fingerprint density at radius 3 is 2.48 bits per heavy atom. The molecule has 5 rings (SSSR count). The molecule has 12 nitrogen and oxygen atoms in total. The molecule has 0 aliphatic rings. The van der Waals surface area contributed by atoms with Crippen molar-refractivity contribution in [2.24, 2.45) is 0 Å². The maximum absolute atomic E-state index is 13.0. The van der Waals surface area contributed by atoms with E-state index in [0.717, 1.165) is 12.0 Å². The van der Waals surface area contributed by atoms with Gasteiger partial charge in [0, 0.05) is 24.8 Å². The van der Waals surface area contributed by atoms with Crippen molar-refractivity contribution in [3.05, 3.63) is 76.5 Å². The lowest BCUT2D eigenvalue weighted by Gasteiger charge is -2.20. The number of hydrogen-bond donors (Lipinski definition) is 4. The number of aliphatic hydroxyl groups excluding tert-OH is 1. The Morgan fingerprint density at radius 1 is 1.07 bits per heavy atom. The van der Waals surface area contributed by atoms with Crippen molar-refractivity contribution in [1.82, 2.24) is 29.5 Å². The van der Waals surface area contributed by atoms with Crippen LogP contribution in [-0.4, -0.2) is 46.3 Å². The van der Waals surface area contributed by atoms with Crippen LogP contribution in [0.15, 0.2) is 63.9 Å². The molecular formula is C30H36N8O4. The highest BCUT2D eigenvalue weighted by Crippen LogP contribution is 2.33. The molecule has 42 heavy (non-hydrogen) atoms. The Balaban J connectivity index is 1.55. The molecule has 0 saturated heterocycles. The molecule has 4 heterocycles. The Bertz CT molecular complexity index is 1730. The number of pyridine rings is 2. The zero-order chi connectivity index (χ0) is 30.0. The standard InChI is InChI=1S/C30H36N8O4/c1-6-14-37-28(40)20-12-13-24(34-26(20)38(37)18(2)3)33-25-15-22(32-23(17-39)19-10-8-7-9-11-19)21(16-31-25)27-35-36-29(42-27)30(4,5)41/h7-13,15-16,18,23,39,41H,6,14,17H2,1-5H3,(H2,31,32,33,34)/t23-/m1/s1. The van der Waals surface area contributed by atoms with Crippen LogP contribution < -0.4 is 16.2 Å². The fourth-order valence-electron chi connectivity index (χ4n) is 4.79. The fraction of sp³-hybridized carbons (Fsp3) is 0.367. The first kappa shape index (κ1) is 29.0. The number of nitrogens with one attached hydrogen (secondary N) is 2. The summed E-state index contributed by atoms with van der Waals surface area (Å²) in [5, 5.41) is 35.9. The molecule has 0 unspecified atom stereocenters. The summed E-state index contributed by atoms with van der Waals surface area (Å²) in [5.74, 6) is 1.21. The van der Waals surface area contributed by atoms with Crippen molar-refractivity contribution in [2.75, 3.05) is 17.2 Å². The van der Waals surface area contributed by atoms with E-state index < -0.39 is 11.6 Å². The number of aromatic nitrogens is 6. The predicted octanol–water partition coefficient (Wildman–Crippen LogP) is 4.75. The molecule has 0 fully saturated rings. The lowest BCUT2D eigenvalue weighted by molar-refractivity contribution is 0.0488. The summed E-state index contributed by atoms with van der Waals surface area (Å²) in [7, 11) is 0. The molecule has 1 aromatic carbocycles. The highest BCUT2D eigenvalue weighted by Gasteiger charge is 2.26. The minimum absolute atomic E-state index is 0.0364. The normalized spacial score (nSPS) is 12.7. The summed E-state index contributed by atoms with van der Waals surface area (Å²) in [5.41, 5.74) is 1.16. The SMILES string of the molecule is CCCn1c(=O)c2ccc(Nc3cc(N[C@H](CO)c4ccccc4)c(-c4nnc(C(C)(C)O)o4)cn3)nc2n1C(C)C. The maximum Gasteiger partial charge on any atom is 0.276 e. The zero-order valence-electron chi connectivity index (χ0n) is 24.4. The van der Waals surface area contributed by atoms with Crippen LogP contribution in [0.25, 0.3) is 22.5 Å². The first-order valence-electron chi connectivity index (χ1n) is 14.0. The minimum atomic E-state index is -1.32. The van der Waals surface area contributed by atoms with Crippen LogP contribution in [0.1, 0.15) is 64.6 Å². The third kappa shape index (κ3) is 5.76. The average molecular weight is 573 g/mol. The number of fused-ring (bicyclic) bond motifs is 1. The molecule has 0 radical (unpaired) electrons. The maximum atomic E-state index is 13.0. The van der Waals surface area contributed by atoms with Crippen molar-refractivity contribution in [1.29, 1.82) is 0 Å². The van der Waals surface area contributed by atoms with E-state index >= 15 is 0 Å². The third-order valence-corrected chi connectivity index (χ3v) is 6.79. The van der Waals surface area contributed by atoms with E-state index in [0.29, 0.717) is 40.5 Å². The van der Waals surface area contributed by atoms with Crippen molar-refractivity contribution in [3.8, 4) is 11.5 Å². The second kappa shape index (κ2) is 11.7. The summed E-state index contributed by atoms with van der Waals surface area (Å²) in [6, 6.07) is 14.4. The van der Waals surface area contributed by atoms with E-state index in [2.05, 4.69) is 25.8 Å². The van der Waals surface area contributed by atoms with Gasteiger partial charge in [-0.1, -0.05) is 37.3 Å². The zero-order valence-corrected chi connectivity index (χ0v) is 24.4. The molecule has 5 aromatic rings. The van der Waals surface area contributed by atoms with Crippen molar-refractivity contribution in [2.45, 2.75) is 65.3 Å². The molecule has 0 spiro atoms. The molecule has 0 amide bonds. The highest BCUT2D eigenvalue weighted by molar-refractivity contribution is 5.79. The fourth-order valence-corrected chi connectivity index (χ4v) is 4.79. The van der Waals surface area contributed by atoms with Crippen LogP contribution in [0.5, 0.6) is 0 Å². The summed E-state index contributed by atoms with van der Waals surface area (Å²) in [6.45, 7) is 9.64. The van der Waals surface area contributed by atoms with Crippen molar-refractivity contribution in [3.63, 3.8) is 0 Å². The summed E-state index contributed by atoms with van der Waals surface area (Å²) < 4.78 is 9.46. The Hall–Kier alpha value is -4.55. The average Bonchev–Trinajstić information content (AvgIpc) is 3.56. The number of aliphatic hydroxyl groups is 2. The highest BCUT2D eigenvalue weighted by atomic mass is 16.4. The predicted molar refractivity (Wildman–Crippen MR) is 161 cm³/mol. The van der Waals surface area contributed by atoms with Crippen molar-refractivity contribution < 1.29 is 14.6 Å². The second-order valence-electron chi connectivity index (χ2n) is 10.9. The number of benzene rings is 1. The molecule has 0 aliphatic heterocycles. The van der Waals surface area contributed by atoms with Gasteiger partial charge in [0.15, 0.2) is 5.65 Å². The number of rotatable bonds is 11. The molecule has 4 aromatic heterocycles. The smallest absolute Gasteiger partial charge is 0.276 e. The van der Waals surface area contributed by atoms with Gasteiger partial charge in [-0.2, -0.15) is 0 Å². The first-order chi connectivity index (χ1) is 20.1. The minimum Gasteiger partial charge on any atom is -0.417 e. The van der Waals surface area contributed by atoms with E-state index in [1.807, 2.05) is 55.8 Å². The van der Waals surface area contributed by atoms with Gasteiger partial charge >= 0.3 is 0 Å². The van der Waals surface area contributed by atoms with Crippen molar-refractivity contribution >= 4 is 28.4 Å². The molecule has 4 N–H and O–H groups in total. The van der Waals surface area contributed by atoms with Gasteiger partial charge in [-0.3, -0.25) is 9.48 Å². The van der Waals surface area contributed by atoms with Gasteiger partial charge in [-0.15, -0.1) is 10.2 Å². The Kier molecular flexibility index (Phi) is 8.10. The van der Waals surface area contributed by atoms with Gasteiger partial charge in [0.2, 0.25) is 5.89 Å². The molecular weight excluding hydrogens is 536 g/mol. The van der Waals surface area contributed by atoms with E-state index in [-0.39, 0.29) is 30.0 Å². The lowest BCUT2D eigenvalue weighted by Crippen LogP contribution is -2.24. The number of nitrogens with zero attached hydrogens (tertiary/aromatic N) is 6. The molecule has 220 valence electrons. The van der Waals surface area contributed by atoms with Crippen LogP contribution in [0, 0.1) is 0 Å². The lowest BCUT2D eigenvalue weighted by atomic mass is 10.1. The van der Waals surface area contributed by atoms with Crippen LogP contribution in [0.3, 0.4) is 0 Å². The van der Waals surface area contributed by atoms with E-state index in [4.69, 9.17) is 9.40 Å². The quantitative estimate of drug-likeness (QED) is 0.174. The molecule has 0 saturated carbocycles. The van der Waals surface area contributed by atoms with Crippen LogP contribution >= 0.6 is 0 Å². The molecule has 0 aliphatic carbocycles. The third-order valence-electron chi connectivity index (χ3n) is 6.79. The van der Waals surface area contributed by atoms with E-state index in [9.17, 15) is 15.0 Å².